The Kier molecular flexibility index (Phi) is 7.15. The predicted octanol–water partition coefficient (Wildman–Crippen LogP) is 1.67. The van der Waals surface area contributed by atoms with E-state index in [-0.39, 0.29) is 18.3 Å². The number of carbonyl (C=O) groups is 1. The van der Waals surface area contributed by atoms with Crippen molar-refractivity contribution in [2.24, 2.45) is 0 Å². The Bertz CT molecular complexity index is 461. The van der Waals surface area contributed by atoms with Crippen molar-refractivity contribution < 1.29 is 4.79 Å². The summed E-state index contributed by atoms with van der Waals surface area (Å²) in [5.74, 6) is 0.0511. The molecule has 5 heteroatoms. The summed E-state index contributed by atoms with van der Waals surface area (Å²) in [5, 5.41) is 6.38. The van der Waals surface area contributed by atoms with E-state index in [4.69, 9.17) is 0 Å². The predicted molar refractivity (Wildman–Crippen MR) is 89.5 cm³/mol. The largest absolute Gasteiger partial charge is 0.351 e. The Labute approximate surface area is 133 Å². The zero-order chi connectivity index (χ0) is 14.5. The van der Waals surface area contributed by atoms with Crippen molar-refractivity contribution in [1.29, 1.82) is 0 Å². The second kappa shape index (κ2) is 8.37. The van der Waals surface area contributed by atoms with Crippen LogP contribution >= 0.6 is 12.4 Å². The molecule has 2 rings (SSSR count). The van der Waals surface area contributed by atoms with E-state index in [1.165, 1.54) is 5.56 Å². The molecule has 0 unspecified atom stereocenters. The smallest absolute Gasteiger partial charge is 0.251 e. The fourth-order valence-electron chi connectivity index (χ4n) is 2.89. The van der Waals surface area contributed by atoms with Crippen LogP contribution in [0.15, 0.2) is 12.1 Å². The highest BCUT2D eigenvalue weighted by molar-refractivity contribution is 5.97. The summed E-state index contributed by atoms with van der Waals surface area (Å²) in [5.41, 5.74) is 4.15. The second-order valence-corrected chi connectivity index (χ2v) is 5.62. The number of hydrogen-bond acceptors (Lipinski definition) is 3. The van der Waals surface area contributed by atoms with Crippen LogP contribution in [0.3, 0.4) is 0 Å². The Morgan fingerprint density at radius 3 is 2.33 bits per heavy atom. The van der Waals surface area contributed by atoms with Crippen molar-refractivity contribution in [3.05, 3.63) is 34.4 Å². The van der Waals surface area contributed by atoms with Crippen LogP contribution in [0.4, 0.5) is 0 Å². The monoisotopic (exact) mass is 311 g/mol. The highest BCUT2D eigenvalue weighted by Crippen LogP contribution is 2.16. The first-order chi connectivity index (χ1) is 9.58. The van der Waals surface area contributed by atoms with Crippen LogP contribution in [0.1, 0.15) is 27.0 Å². The summed E-state index contributed by atoms with van der Waals surface area (Å²) in [4.78, 5) is 14.7. The van der Waals surface area contributed by atoms with Gasteiger partial charge in [-0.2, -0.15) is 0 Å². The quantitative estimate of drug-likeness (QED) is 0.889. The Balaban J connectivity index is 0.00000220. The molecule has 1 aromatic carbocycles. The van der Waals surface area contributed by atoms with E-state index in [0.717, 1.165) is 49.4 Å². The van der Waals surface area contributed by atoms with Crippen LogP contribution in [0.5, 0.6) is 0 Å². The van der Waals surface area contributed by atoms with Crippen molar-refractivity contribution in [1.82, 2.24) is 15.5 Å². The number of nitrogens with zero attached hydrogens (tertiary/aromatic N) is 1. The molecule has 1 aliphatic heterocycles. The lowest BCUT2D eigenvalue weighted by Gasteiger charge is -2.27. The molecule has 1 aliphatic rings. The summed E-state index contributed by atoms with van der Waals surface area (Å²) in [6, 6.07) is 4.14. The lowest BCUT2D eigenvalue weighted by molar-refractivity contribution is 0.0946. The zero-order valence-corrected chi connectivity index (χ0v) is 14.0. The minimum Gasteiger partial charge on any atom is -0.351 e. The molecule has 0 bridgehead atoms. The molecule has 1 fully saturated rings. The Morgan fingerprint density at radius 2 is 1.76 bits per heavy atom. The number of rotatable bonds is 4. The van der Waals surface area contributed by atoms with Gasteiger partial charge in [0.25, 0.3) is 5.91 Å². The van der Waals surface area contributed by atoms with Crippen LogP contribution < -0.4 is 10.6 Å². The summed E-state index contributed by atoms with van der Waals surface area (Å²) >= 11 is 0. The summed E-state index contributed by atoms with van der Waals surface area (Å²) in [6.07, 6.45) is 0. The minimum absolute atomic E-state index is 0. The van der Waals surface area contributed by atoms with Crippen molar-refractivity contribution >= 4 is 18.3 Å². The molecule has 1 aromatic rings. The SMILES string of the molecule is Cc1cc(C)c(C(=O)NCCN2CCNCC2)c(C)c1.Cl. The van der Waals surface area contributed by atoms with E-state index in [1.807, 2.05) is 13.8 Å². The van der Waals surface area contributed by atoms with Gasteiger partial charge >= 0.3 is 0 Å². The lowest BCUT2D eigenvalue weighted by Crippen LogP contribution is -2.46. The number of amides is 1. The van der Waals surface area contributed by atoms with Gasteiger partial charge in [-0.15, -0.1) is 12.4 Å². The molecule has 0 aromatic heterocycles. The topological polar surface area (TPSA) is 44.4 Å². The van der Waals surface area contributed by atoms with Gasteiger partial charge in [-0.3, -0.25) is 9.69 Å². The summed E-state index contributed by atoms with van der Waals surface area (Å²) in [6.45, 7) is 11.9. The van der Waals surface area contributed by atoms with Crippen LogP contribution in [-0.4, -0.2) is 50.1 Å². The summed E-state index contributed by atoms with van der Waals surface area (Å²) in [7, 11) is 0. The number of hydrogen-bond donors (Lipinski definition) is 2. The van der Waals surface area contributed by atoms with Crippen molar-refractivity contribution in [3.8, 4) is 0 Å². The maximum atomic E-state index is 12.3. The van der Waals surface area contributed by atoms with Crippen LogP contribution in [-0.2, 0) is 0 Å². The third-order valence-electron chi connectivity index (χ3n) is 3.83. The molecule has 1 saturated heterocycles. The van der Waals surface area contributed by atoms with Gasteiger partial charge in [-0.05, 0) is 31.9 Å². The van der Waals surface area contributed by atoms with Crippen molar-refractivity contribution in [2.75, 3.05) is 39.3 Å². The van der Waals surface area contributed by atoms with E-state index in [2.05, 4.69) is 34.6 Å². The van der Waals surface area contributed by atoms with Gasteiger partial charge in [0.1, 0.15) is 0 Å². The maximum Gasteiger partial charge on any atom is 0.251 e. The first-order valence-electron chi connectivity index (χ1n) is 7.37. The minimum atomic E-state index is 0. The molecule has 1 amide bonds. The third-order valence-corrected chi connectivity index (χ3v) is 3.83. The standard InChI is InChI=1S/C16H25N3O.ClH/c1-12-10-13(2)15(14(3)11-12)16(20)18-6-9-19-7-4-17-5-8-19;/h10-11,17H,4-9H2,1-3H3,(H,18,20);1H. The van der Waals surface area contributed by atoms with Crippen LogP contribution in [0, 0.1) is 20.8 Å². The molecule has 4 nitrogen and oxygen atoms in total. The number of benzene rings is 1. The molecule has 0 aliphatic carbocycles. The molecule has 0 radical (unpaired) electrons. The fraction of sp³-hybridized carbons (Fsp3) is 0.562. The van der Waals surface area contributed by atoms with E-state index in [1.54, 1.807) is 0 Å². The highest BCUT2D eigenvalue weighted by Gasteiger charge is 2.13. The fourth-order valence-corrected chi connectivity index (χ4v) is 2.89. The molecular weight excluding hydrogens is 286 g/mol. The van der Waals surface area contributed by atoms with Gasteiger partial charge in [0, 0.05) is 44.8 Å². The van der Waals surface area contributed by atoms with Gasteiger partial charge in [0.05, 0.1) is 0 Å². The molecule has 2 N–H and O–H groups in total. The van der Waals surface area contributed by atoms with Crippen LogP contribution in [0.2, 0.25) is 0 Å². The van der Waals surface area contributed by atoms with E-state index in [9.17, 15) is 4.79 Å². The normalized spacial score (nSPS) is 15.4. The van der Waals surface area contributed by atoms with Gasteiger partial charge in [0.2, 0.25) is 0 Å². The third kappa shape index (κ3) is 4.99. The molecule has 0 atom stereocenters. The van der Waals surface area contributed by atoms with Gasteiger partial charge < -0.3 is 10.6 Å². The average molecular weight is 312 g/mol. The second-order valence-electron chi connectivity index (χ2n) is 5.62. The maximum absolute atomic E-state index is 12.3. The summed E-state index contributed by atoms with van der Waals surface area (Å²) < 4.78 is 0. The number of nitrogens with one attached hydrogen (secondary N) is 2. The Hall–Kier alpha value is -1.10. The molecule has 0 saturated carbocycles. The van der Waals surface area contributed by atoms with Crippen LogP contribution in [0.25, 0.3) is 0 Å². The molecule has 1 heterocycles. The number of halogens is 1. The highest BCUT2D eigenvalue weighted by atomic mass is 35.5. The average Bonchev–Trinajstić information content (AvgIpc) is 2.38. The van der Waals surface area contributed by atoms with Gasteiger partial charge in [-0.1, -0.05) is 17.7 Å². The number of aryl methyl sites for hydroxylation is 3. The number of piperazine rings is 1. The molecule has 0 spiro atoms. The first-order valence-corrected chi connectivity index (χ1v) is 7.37. The van der Waals surface area contributed by atoms with Gasteiger partial charge in [0.15, 0.2) is 0 Å². The van der Waals surface area contributed by atoms with E-state index >= 15 is 0 Å². The number of carbonyl (C=O) groups excluding carboxylic acids is 1. The lowest BCUT2D eigenvalue weighted by atomic mass is 9.99. The molecule has 118 valence electrons. The van der Waals surface area contributed by atoms with Crippen molar-refractivity contribution in [3.63, 3.8) is 0 Å². The van der Waals surface area contributed by atoms with Gasteiger partial charge in [-0.25, -0.2) is 0 Å². The van der Waals surface area contributed by atoms with E-state index in [0.29, 0.717) is 6.54 Å². The van der Waals surface area contributed by atoms with Crippen molar-refractivity contribution in [2.45, 2.75) is 20.8 Å². The Morgan fingerprint density at radius 1 is 1.19 bits per heavy atom. The van der Waals surface area contributed by atoms with E-state index < -0.39 is 0 Å². The molecule has 21 heavy (non-hydrogen) atoms. The molecular formula is C16H26ClN3O. The zero-order valence-electron chi connectivity index (χ0n) is 13.2. The first kappa shape index (κ1) is 18.0.